The van der Waals surface area contributed by atoms with Gasteiger partial charge in [-0.2, -0.15) is 0 Å². The van der Waals surface area contributed by atoms with Crippen LogP contribution in [-0.4, -0.2) is 18.9 Å². The summed E-state index contributed by atoms with van der Waals surface area (Å²) in [6.45, 7) is 0. The van der Waals surface area contributed by atoms with Crippen molar-refractivity contribution < 1.29 is 0 Å². The number of para-hydroxylation sites is 3. The average Bonchev–Trinajstić information content (AvgIpc) is 3.56. The van der Waals surface area contributed by atoms with Gasteiger partial charge in [-0.3, -0.25) is 4.57 Å². The normalized spacial score (nSPS) is 12.5. The quantitative estimate of drug-likeness (QED) is 0.212. The maximum absolute atomic E-state index is 5.36. The maximum Gasteiger partial charge on any atom is 0.165 e. The van der Waals surface area contributed by atoms with E-state index in [-0.39, 0.29) is 0 Å². The Bertz CT molecular complexity index is 2930. The fourth-order valence-electron chi connectivity index (χ4n) is 7.81. The Hall–Kier alpha value is -6.00. The minimum absolute atomic E-state index is 0.847. The fourth-order valence-corrected chi connectivity index (χ4v) is 7.81. The molecule has 0 radical (unpaired) electrons. The van der Waals surface area contributed by atoms with Crippen LogP contribution in [0.1, 0.15) is 0 Å². The molecule has 0 spiro atoms. The standard InChI is InChI=1S/C40H22N4/c1-2-9-25(10-3-1)38-40(42-29-14-6-5-13-28(29)41-38)44-32-21-18-23-11-8-16-31-34(23)36(32)37-33(44)22-19-24-17-20-27-26-12-4-7-15-30(26)43(31)39(27)35(24)37/h1-22H. The molecule has 0 bridgehead atoms. The highest BCUT2D eigenvalue weighted by Gasteiger charge is 2.26. The lowest BCUT2D eigenvalue weighted by Crippen LogP contribution is -2.03. The van der Waals surface area contributed by atoms with Crippen LogP contribution in [0.15, 0.2) is 133 Å². The molecule has 11 rings (SSSR count). The Morgan fingerprint density at radius 3 is 1.91 bits per heavy atom. The third-order valence-electron chi connectivity index (χ3n) is 9.58. The van der Waals surface area contributed by atoms with E-state index in [4.69, 9.17) is 9.97 Å². The molecule has 0 saturated heterocycles. The van der Waals surface area contributed by atoms with Gasteiger partial charge in [-0.25, -0.2) is 9.97 Å². The molecule has 0 unspecified atom stereocenters. The number of aromatic nitrogens is 4. The monoisotopic (exact) mass is 558 g/mol. The second kappa shape index (κ2) is 7.88. The van der Waals surface area contributed by atoms with Crippen LogP contribution >= 0.6 is 0 Å². The van der Waals surface area contributed by atoms with Gasteiger partial charge in [-0.05, 0) is 47.2 Å². The molecule has 0 saturated carbocycles. The Morgan fingerprint density at radius 1 is 0.409 bits per heavy atom. The molecular formula is C40H22N4. The molecule has 44 heavy (non-hydrogen) atoms. The highest BCUT2D eigenvalue weighted by Crippen LogP contribution is 2.47. The predicted molar refractivity (Wildman–Crippen MR) is 183 cm³/mol. The van der Waals surface area contributed by atoms with Gasteiger partial charge in [0.05, 0.1) is 38.6 Å². The van der Waals surface area contributed by atoms with Gasteiger partial charge in [0.25, 0.3) is 0 Å². The molecule has 4 heterocycles. The van der Waals surface area contributed by atoms with Gasteiger partial charge >= 0.3 is 0 Å². The lowest BCUT2D eigenvalue weighted by atomic mass is 9.98. The summed E-state index contributed by atoms with van der Waals surface area (Å²) in [6, 6.07) is 47.8. The Balaban J connectivity index is 1.45. The molecule has 0 aliphatic rings. The van der Waals surface area contributed by atoms with Crippen molar-refractivity contribution in [1.29, 1.82) is 0 Å². The van der Waals surface area contributed by atoms with Gasteiger partial charge in [0.15, 0.2) is 5.82 Å². The second-order valence-electron chi connectivity index (χ2n) is 11.8. The van der Waals surface area contributed by atoms with Crippen LogP contribution in [-0.2, 0) is 0 Å². The highest BCUT2D eigenvalue weighted by atomic mass is 15.1. The van der Waals surface area contributed by atoms with Crippen molar-refractivity contribution in [2.45, 2.75) is 0 Å². The first-order valence-corrected chi connectivity index (χ1v) is 15.0. The molecule has 0 aliphatic carbocycles. The molecular weight excluding hydrogens is 536 g/mol. The summed E-state index contributed by atoms with van der Waals surface area (Å²) in [5, 5.41) is 10.1. The molecule has 4 heteroatoms. The molecule has 0 N–H and O–H groups in total. The Labute approximate surface area is 250 Å². The van der Waals surface area contributed by atoms with E-state index in [1.807, 2.05) is 24.3 Å². The molecule has 0 fully saturated rings. The number of fused-ring (bicyclic) bond motifs is 5. The summed E-state index contributed by atoms with van der Waals surface area (Å²) in [5.74, 6) is 0.847. The second-order valence-corrected chi connectivity index (χ2v) is 11.8. The maximum atomic E-state index is 5.36. The van der Waals surface area contributed by atoms with Crippen molar-refractivity contribution in [1.82, 2.24) is 18.9 Å². The lowest BCUT2D eigenvalue weighted by molar-refractivity contribution is 1.08. The van der Waals surface area contributed by atoms with E-state index in [0.29, 0.717) is 0 Å². The van der Waals surface area contributed by atoms with Crippen molar-refractivity contribution in [3.63, 3.8) is 0 Å². The SMILES string of the molecule is c1ccc(-c2nc3ccccc3nc2-n2c3ccc4cccc5c4c3c3c4c(ccc6c7ccccc7n5c64)ccc32)cc1. The van der Waals surface area contributed by atoms with E-state index in [1.54, 1.807) is 0 Å². The Kier molecular flexibility index (Phi) is 4.04. The van der Waals surface area contributed by atoms with Crippen LogP contribution in [0.2, 0.25) is 0 Å². The zero-order valence-electron chi connectivity index (χ0n) is 23.5. The molecule has 0 atom stereocenters. The van der Waals surface area contributed by atoms with Crippen LogP contribution in [0.3, 0.4) is 0 Å². The largest absolute Gasteiger partial charge is 0.308 e. The van der Waals surface area contributed by atoms with Crippen molar-refractivity contribution in [3.8, 4) is 17.1 Å². The third kappa shape index (κ3) is 2.65. The smallest absolute Gasteiger partial charge is 0.165 e. The van der Waals surface area contributed by atoms with Crippen LogP contribution in [0, 0.1) is 0 Å². The molecule has 11 aromatic rings. The van der Waals surface area contributed by atoms with Gasteiger partial charge in [-0.15, -0.1) is 0 Å². The number of nitrogens with zero attached hydrogens (tertiary/aromatic N) is 4. The van der Waals surface area contributed by atoms with Crippen molar-refractivity contribution >= 4 is 81.7 Å². The van der Waals surface area contributed by atoms with E-state index >= 15 is 0 Å². The van der Waals surface area contributed by atoms with Crippen molar-refractivity contribution in [3.05, 3.63) is 133 Å². The number of hydrogen-bond acceptors (Lipinski definition) is 2. The first-order valence-electron chi connectivity index (χ1n) is 15.0. The van der Waals surface area contributed by atoms with Gasteiger partial charge in [0, 0.05) is 37.9 Å². The van der Waals surface area contributed by atoms with Crippen LogP contribution in [0.5, 0.6) is 0 Å². The number of hydrogen-bond donors (Lipinski definition) is 0. The van der Waals surface area contributed by atoms with Crippen LogP contribution in [0.4, 0.5) is 0 Å². The topological polar surface area (TPSA) is 35.1 Å². The summed E-state index contributed by atoms with van der Waals surface area (Å²) in [6.07, 6.45) is 0. The summed E-state index contributed by atoms with van der Waals surface area (Å²) in [4.78, 5) is 10.6. The summed E-state index contributed by atoms with van der Waals surface area (Å²) in [5.41, 5.74) is 9.70. The Morgan fingerprint density at radius 2 is 1.07 bits per heavy atom. The van der Waals surface area contributed by atoms with Crippen molar-refractivity contribution in [2.24, 2.45) is 0 Å². The van der Waals surface area contributed by atoms with Gasteiger partial charge in [0.2, 0.25) is 0 Å². The summed E-state index contributed by atoms with van der Waals surface area (Å²) >= 11 is 0. The van der Waals surface area contributed by atoms with Crippen LogP contribution < -0.4 is 0 Å². The van der Waals surface area contributed by atoms with E-state index in [0.717, 1.165) is 39.1 Å². The fraction of sp³-hybridized carbons (Fsp3) is 0. The van der Waals surface area contributed by atoms with E-state index < -0.39 is 0 Å². The summed E-state index contributed by atoms with van der Waals surface area (Å²) in [7, 11) is 0. The number of benzene rings is 7. The third-order valence-corrected chi connectivity index (χ3v) is 9.58. The minimum Gasteiger partial charge on any atom is -0.308 e. The zero-order valence-corrected chi connectivity index (χ0v) is 23.5. The summed E-state index contributed by atoms with van der Waals surface area (Å²) < 4.78 is 4.86. The highest BCUT2D eigenvalue weighted by molar-refractivity contribution is 6.37. The number of rotatable bonds is 2. The van der Waals surface area contributed by atoms with Gasteiger partial charge in [0.1, 0.15) is 5.69 Å². The molecule has 7 aromatic carbocycles. The molecule has 202 valence electrons. The first kappa shape index (κ1) is 22.6. The first-order chi connectivity index (χ1) is 21.8. The molecule has 4 nitrogen and oxygen atoms in total. The molecule has 4 aromatic heterocycles. The average molecular weight is 559 g/mol. The van der Waals surface area contributed by atoms with E-state index in [9.17, 15) is 0 Å². The predicted octanol–water partition coefficient (Wildman–Crippen LogP) is 10.1. The van der Waals surface area contributed by atoms with Crippen molar-refractivity contribution in [2.75, 3.05) is 0 Å². The van der Waals surface area contributed by atoms with Gasteiger partial charge < -0.3 is 4.40 Å². The van der Waals surface area contributed by atoms with E-state index in [1.165, 1.54) is 59.6 Å². The lowest BCUT2D eigenvalue weighted by Gasteiger charge is -2.14. The molecule has 0 amide bonds. The molecule has 0 aliphatic heterocycles. The van der Waals surface area contributed by atoms with E-state index in [2.05, 4.69) is 118 Å². The zero-order chi connectivity index (χ0) is 28.5. The van der Waals surface area contributed by atoms with Crippen LogP contribution in [0.25, 0.3) is 98.8 Å². The minimum atomic E-state index is 0.847. The van der Waals surface area contributed by atoms with Gasteiger partial charge in [-0.1, -0.05) is 97.1 Å².